The van der Waals surface area contributed by atoms with Crippen LogP contribution in [0.15, 0.2) is 53.5 Å². The first kappa shape index (κ1) is 16.7. The molecule has 3 rings (SSSR count). The average molecular weight is 336 g/mol. The topological polar surface area (TPSA) is 79.8 Å². The first-order chi connectivity index (χ1) is 12.0. The summed E-state index contributed by atoms with van der Waals surface area (Å²) in [7, 11) is 0. The first-order valence-corrected chi connectivity index (χ1v) is 8.15. The Labute approximate surface area is 145 Å². The van der Waals surface area contributed by atoms with Gasteiger partial charge in [-0.3, -0.25) is 9.59 Å². The average Bonchev–Trinajstić information content (AvgIpc) is 3.01. The number of fused-ring (bicyclic) bond motifs is 1. The molecular formula is C19H20N4O2. The molecule has 0 unspecified atom stereocenters. The molecule has 6 nitrogen and oxygen atoms in total. The highest BCUT2D eigenvalue weighted by molar-refractivity contribution is 5.92. The second kappa shape index (κ2) is 7.17. The van der Waals surface area contributed by atoms with Crippen LogP contribution < -0.4 is 10.9 Å². The summed E-state index contributed by atoms with van der Waals surface area (Å²) < 4.78 is 1.76. The number of pyridine rings is 1. The third-order valence-corrected chi connectivity index (χ3v) is 3.84. The van der Waals surface area contributed by atoms with Crippen molar-refractivity contribution in [3.05, 3.63) is 70.2 Å². The molecule has 25 heavy (non-hydrogen) atoms. The van der Waals surface area contributed by atoms with Crippen LogP contribution in [0.5, 0.6) is 0 Å². The lowest BCUT2D eigenvalue weighted by atomic mass is 10.2. The Morgan fingerprint density at radius 1 is 1.32 bits per heavy atom. The molecule has 1 amide bonds. The molecule has 0 fully saturated rings. The quantitative estimate of drug-likeness (QED) is 0.703. The highest BCUT2D eigenvalue weighted by Gasteiger charge is 2.08. The number of H-pyrrole nitrogens is 1. The summed E-state index contributed by atoms with van der Waals surface area (Å²) in [5.74, 6) is -0.249. The Morgan fingerprint density at radius 2 is 2.08 bits per heavy atom. The van der Waals surface area contributed by atoms with E-state index in [0.29, 0.717) is 17.8 Å². The number of nitrogens with zero attached hydrogens (tertiary/aromatic N) is 2. The van der Waals surface area contributed by atoms with Gasteiger partial charge < -0.3 is 10.3 Å². The van der Waals surface area contributed by atoms with Crippen LogP contribution in [0.2, 0.25) is 0 Å². The molecule has 2 N–H and O–H groups in total. The van der Waals surface area contributed by atoms with E-state index in [1.54, 1.807) is 16.9 Å². The van der Waals surface area contributed by atoms with Crippen molar-refractivity contribution in [2.24, 2.45) is 0 Å². The highest BCUT2D eigenvalue weighted by atomic mass is 16.1. The predicted molar refractivity (Wildman–Crippen MR) is 98.1 cm³/mol. The number of aromatic amines is 1. The fourth-order valence-corrected chi connectivity index (χ4v) is 2.55. The Hall–Kier alpha value is -3.15. The SMILES string of the molecule is CC(C)n1ncc2cc(/C=C/C(=O)NCc3ccccc3)c(=O)[nH]c21. The second-order valence-electron chi connectivity index (χ2n) is 6.08. The molecule has 2 heterocycles. The van der Waals surface area contributed by atoms with Gasteiger partial charge in [-0.05, 0) is 31.6 Å². The van der Waals surface area contributed by atoms with Gasteiger partial charge in [0, 0.05) is 29.6 Å². The van der Waals surface area contributed by atoms with E-state index in [9.17, 15) is 9.59 Å². The van der Waals surface area contributed by atoms with E-state index < -0.39 is 0 Å². The number of carbonyl (C=O) groups is 1. The van der Waals surface area contributed by atoms with Crippen LogP contribution in [-0.2, 0) is 11.3 Å². The predicted octanol–water partition coefficient (Wildman–Crippen LogP) is 2.64. The Bertz CT molecular complexity index is 968. The highest BCUT2D eigenvalue weighted by Crippen LogP contribution is 2.15. The smallest absolute Gasteiger partial charge is 0.256 e. The van der Waals surface area contributed by atoms with Gasteiger partial charge in [0.2, 0.25) is 5.91 Å². The zero-order valence-electron chi connectivity index (χ0n) is 14.2. The summed E-state index contributed by atoms with van der Waals surface area (Å²) in [6, 6.07) is 11.5. The fraction of sp³-hybridized carbons (Fsp3) is 0.211. The molecule has 2 aromatic heterocycles. The zero-order chi connectivity index (χ0) is 17.8. The molecular weight excluding hydrogens is 316 g/mol. The van der Waals surface area contributed by atoms with Crippen molar-refractivity contribution in [3.8, 4) is 0 Å². The van der Waals surface area contributed by atoms with Crippen molar-refractivity contribution in [2.75, 3.05) is 0 Å². The van der Waals surface area contributed by atoms with E-state index in [0.717, 1.165) is 10.9 Å². The molecule has 0 aliphatic heterocycles. The van der Waals surface area contributed by atoms with Gasteiger partial charge in [-0.15, -0.1) is 0 Å². The van der Waals surface area contributed by atoms with E-state index >= 15 is 0 Å². The van der Waals surface area contributed by atoms with E-state index in [1.807, 2.05) is 44.2 Å². The molecule has 0 saturated heterocycles. The van der Waals surface area contributed by atoms with Crippen LogP contribution in [0, 0.1) is 0 Å². The molecule has 0 bridgehead atoms. The van der Waals surface area contributed by atoms with Crippen molar-refractivity contribution >= 4 is 23.0 Å². The minimum atomic E-state index is -0.249. The van der Waals surface area contributed by atoms with Crippen molar-refractivity contribution in [2.45, 2.75) is 26.4 Å². The molecule has 0 spiro atoms. The molecule has 0 aliphatic rings. The Balaban J connectivity index is 1.73. The number of nitrogens with one attached hydrogen (secondary N) is 2. The van der Waals surface area contributed by atoms with Gasteiger partial charge in [0.15, 0.2) is 0 Å². The summed E-state index contributed by atoms with van der Waals surface area (Å²) >= 11 is 0. The maximum atomic E-state index is 12.2. The third kappa shape index (κ3) is 3.85. The van der Waals surface area contributed by atoms with Crippen LogP contribution in [0.25, 0.3) is 17.1 Å². The Kier molecular flexibility index (Phi) is 4.79. The van der Waals surface area contributed by atoms with Gasteiger partial charge >= 0.3 is 0 Å². The molecule has 0 radical (unpaired) electrons. The van der Waals surface area contributed by atoms with E-state index in [-0.39, 0.29) is 17.5 Å². The molecule has 0 aliphatic carbocycles. The number of benzene rings is 1. The van der Waals surface area contributed by atoms with Crippen LogP contribution >= 0.6 is 0 Å². The van der Waals surface area contributed by atoms with Gasteiger partial charge in [-0.2, -0.15) is 5.10 Å². The molecule has 128 valence electrons. The lowest BCUT2D eigenvalue weighted by molar-refractivity contribution is -0.116. The molecule has 6 heteroatoms. The first-order valence-electron chi connectivity index (χ1n) is 8.15. The van der Waals surface area contributed by atoms with Gasteiger partial charge in [0.25, 0.3) is 5.56 Å². The number of amides is 1. The van der Waals surface area contributed by atoms with Crippen LogP contribution in [0.4, 0.5) is 0 Å². The van der Waals surface area contributed by atoms with E-state index in [1.165, 1.54) is 12.2 Å². The lowest BCUT2D eigenvalue weighted by Crippen LogP contribution is -2.20. The van der Waals surface area contributed by atoms with Crippen LogP contribution in [0.3, 0.4) is 0 Å². The van der Waals surface area contributed by atoms with Crippen molar-refractivity contribution in [3.63, 3.8) is 0 Å². The van der Waals surface area contributed by atoms with Crippen molar-refractivity contribution in [1.29, 1.82) is 0 Å². The monoisotopic (exact) mass is 336 g/mol. The molecule has 3 aromatic rings. The second-order valence-corrected chi connectivity index (χ2v) is 6.08. The molecule has 1 aromatic carbocycles. The zero-order valence-corrected chi connectivity index (χ0v) is 14.2. The number of carbonyl (C=O) groups excluding carboxylic acids is 1. The summed E-state index contributed by atoms with van der Waals surface area (Å²) in [6.07, 6.45) is 4.59. The van der Waals surface area contributed by atoms with Crippen LogP contribution in [-0.4, -0.2) is 20.7 Å². The van der Waals surface area contributed by atoms with Gasteiger partial charge in [-0.1, -0.05) is 30.3 Å². The normalized spacial score (nSPS) is 11.5. The minimum absolute atomic E-state index is 0.151. The van der Waals surface area contributed by atoms with E-state index in [2.05, 4.69) is 15.4 Å². The molecule has 0 atom stereocenters. The lowest BCUT2D eigenvalue weighted by Gasteiger charge is -2.06. The van der Waals surface area contributed by atoms with Gasteiger partial charge in [0.05, 0.1) is 6.20 Å². The number of aromatic nitrogens is 3. The number of rotatable bonds is 5. The minimum Gasteiger partial charge on any atom is -0.348 e. The van der Waals surface area contributed by atoms with E-state index in [4.69, 9.17) is 0 Å². The number of hydrogen-bond acceptors (Lipinski definition) is 3. The summed E-state index contributed by atoms with van der Waals surface area (Å²) in [6.45, 7) is 4.44. The van der Waals surface area contributed by atoms with Gasteiger partial charge in [-0.25, -0.2) is 4.68 Å². The maximum Gasteiger partial charge on any atom is 0.256 e. The third-order valence-electron chi connectivity index (χ3n) is 3.84. The van der Waals surface area contributed by atoms with Gasteiger partial charge in [0.1, 0.15) is 5.65 Å². The van der Waals surface area contributed by atoms with Crippen molar-refractivity contribution in [1.82, 2.24) is 20.1 Å². The van der Waals surface area contributed by atoms with Crippen LogP contribution in [0.1, 0.15) is 31.0 Å². The summed E-state index contributed by atoms with van der Waals surface area (Å²) in [5.41, 5.74) is 1.88. The fourth-order valence-electron chi connectivity index (χ4n) is 2.55. The maximum absolute atomic E-state index is 12.2. The van der Waals surface area contributed by atoms with Crippen molar-refractivity contribution < 1.29 is 4.79 Å². The number of hydrogen-bond donors (Lipinski definition) is 2. The Morgan fingerprint density at radius 3 is 2.80 bits per heavy atom. The standard InChI is InChI=1S/C19H20N4O2/c1-13(2)23-18-16(12-21-23)10-15(19(25)22-18)8-9-17(24)20-11-14-6-4-3-5-7-14/h3-10,12-13H,11H2,1-2H3,(H,20,24)(H,22,25)/b9-8+. The summed E-state index contributed by atoms with van der Waals surface area (Å²) in [5, 5.41) is 7.90. The largest absolute Gasteiger partial charge is 0.348 e. The molecule has 0 saturated carbocycles. The summed E-state index contributed by atoms with van der Waals surface area (Å²) in [4.78, 5) is 27.0.